The van der Waals surface area contributed by atoms with E-state index in [0.717, 1.165) is 41.4 Å². The molecule has 0 spiro atoms. The first-order valence-electron chi connectivity index (χ1n) is 8.44. The minimum absolute atomic E-state index is 0.147. The minimum atomic E-state index is -0.147. The molecule has 7 nitrogen and oxygen atoms in total. The number of aromatic amines is 1. The van der Waals surface area contributed by atoms with E-state index in [-0.39, 0.29) is 6.04 Å². The average Bonchev–Trinajstić information content (AvgIpc) is 3.33. The van der Waals surface area contributed by atoms with Crippen LogP contribution in [0.4, 0.5) is 5.82 Å². The summed E-state index contributed by atoms with van der Waals surface area (Å²) in [5.41, 5.74) is 4.44. The number of imidazole rings is 1. The lowest BCUT2D eigenvalue weighted by atomic mass is 9.99. The Kier molecular flexibility index (Phi) is 3.22. The van der Waals surface area contributed by atoms with E-state index in [0.29, 0.717) is 5.69 Å². The van der Waals surface area contributed by atoms with Crippen molar-refractivity contribution in [2.24, 2.45) is 0 Å². The highest BCUT2D eigenvalue weighted by Crippen LogP contribution is 2.35. The third-order valence-electron chi connectivity index (χ3n) is 4.74. The van der Waals surface area contributed by atoms with Crippen LogP contribution in [0, 0.1) is 11.3 Å². The zero-order chi connectivity index (χ0) is 17.5. The van der Waals surface area contributed by atoms with Crippen molar-refractivity contribution in [2.45, 2.75) is 12.5 Å². The van der Waals surface area contributed by atoms with Gasteiger partial charge in [0.2, 0.25) is 0 Å². The molecule has 5 rings (SSSR count). The molecule has 0 saturated heterocycles. The molecule has 4 aromatic rings. The fourth-order valence-electron chi connectivity index (χ4n) is 3.56. The zero-order valence-electron chi connectivity index (χ0n) is 13.9. The molecule has 0 aliphatic carbocycles. The van der Waals surface area contributed by atoms with Gasteiger partial charge in [-0.25, -0.2) is 14.5 Å². The lowest BCUT2D eigenvalue weighted by Crippen LogP contribution is -2.37. The molecule has 0 bridgehead atoms. The van der Waals surface area contributed by atoms with E-state index in [9.17, 15) is 5.26 Å². The van der Waals surface area contributed by atoms with Crippen LogP contribution in [0.2, 0.25) is 0 Å². The maximum atomic E-state index is 9.20. The van der Waals surface area contributed by atoms with Crippen LogP contribution in [-0.4, -0.2) is 31.1 Å². The highest BCUT2D eigenvalue weighted by Gasteiger charge is 2.33. The van der Waals surface area contributed by atoms with Gasteiger partial charge in [-0.2, -0.15) is 10.4 Å². The number of hydrogen-bond donors (Lipinski definition) is 1. The molecule has 0 unspecified atom stereocenters. The monoisotopic (exact) mass is 341 g/mol. The smallest absolute Gasteiger partial charge is 0.142 e. The third-order valence-corrected chi connectivity index (χ3v) is 4.74. The van der Waals surface area contributed by atoms with Crippen molar-refractivity contribution in [1.82, 2.24) is 24.6 Å². The highest BCUT2D eigenvalue weighted by atomic mass is 15.3. The van der Waals surface area contributed by atoms with Gasteiger partial charge >= 0.3 is 0 Å². The Morgan fingerprint density at radius 2 is 2.15 bits per heavy atom. The molecule has 0 saturated carbocycles. The summed E-state index contributed by atoms with van der Waals surface area (Å²) in [5.74, 6) is 0.764. The Morgan fingerprint density at radius 3 is 3.04 bits per heavy atom. The molecular formula is C19H15N7. The standard InChI is InChI=1S/C19H15N7/c20-11-13-4-3-6-17(23-13)25-9-7-15-18(22-12-21-15)19(25)16-10-14-5-1-2-8-26(14)24-16/h1-6,8,10,12,19H,7,9H2,(H,21,22)/t19-/m0/s1. The van der Waals surface area contributed by atoms with E-state index in [4.69, 9.17) is 5.10 Å². The molecule has 126 valence electrons. The molecule has 7 heteroatoms. The van der Waals surface area contributed by atoms with Crippen LogP contribution in [0.25, 0.3) is 5.52 Å². The van der Waals surface area contributed by atoms with Crippen molar-refractivity contribution in [1.29, 1.82) is 5.26 Å². The highest BCUT2D eigenvalue weighted by molar-refractivity contribution is 5.54. The molecular weight excluding hydrogens is 326 g/mol. The summed E-state index contributed by atoms with van der Waals surface area (Å²) in [6, 6.07) is 15.5. The Balaban J connectivity index is 1.67. The molecule has 4 aromatic heterocycles. The Morgan fingerprint density at radius 1 is 1.19 bits per heavy atom. The largest absolute Gasteiger partial charge is 0.348 e. The van der Waals surface area contributed by atoms with Gasteiger partial charge in [-0.1, -0.05) is 12.1 Å². The predicted molar refractivity (Wildman–Crippen MR) is 95.6 cm³/mol. The summed E-state index contributed by atoms with van der Waals surface area (Å²) in [6.45, 7) is 0.773. The number of nitriles is 1. The third kappa shape index (κ3) is 2.24. The Hall–Kier alpha value is -3.66. The second kappa shape index (κ2) is 5.70. The van der Waals surface area contributed by atoms with Crippen LogP contribution >= 0.6 is 0 Å². The molecule has 0 fully saturated rings. The first kappa shape index (κ1) is 14.7. The number of nitrogens with one attached hydrogen (secondary N) is 1. The number of hydrogen-bond acceptors (Lipinski definition) is 5. The van der Waals surface area contributed by atoms with Crippen LogP contribution in [0.1, 0.15) is 28.8 Å². The SMILES string of the molecule is N#Cc1cccc(N2CCc3[nH]cnc3[C@@H]2c2cc3ccccn3n2)n1. The van der Waals surface area contributed by atoms with Gasteiger partial charge in [0.25, 0.3) is 0 Å². The van der Waals surface area contributed by atoms with Gasteiger partial charge in [0.15, 0.2) is 0 Å². The molecule has 1 aliphatic rings. The fraction of sp³-hybridized carbons (Fsp3) is 0.158. The lowest BCUT2D eigenvalue weighted by molar-refractivity contribution is 0.610. The molecule has 26 heavy (non-hydrogen) atoms. The summed E-state index contributed by atoms with van der Waals surface area (Å²) in [5, 5.41) is 14.0. The van der Waals surface area contributed by atoms with Crippen molar-refractivity contribution in [2.75, 3.05) is 11.4 Å². The number of H-pyrrole nitrogens is 1. The van der Waals surface area contributed by atoms with E-state index in [1.54, 1.807) is 12.4 Å². The second-order valence-corrected chi connectivity index (χ2v) is 6.24. The second-order valence-electron chi connectivity index (χ2n) is 6.24. The van der Waals surface area contributed by atoms with Gasteiger partial charge < -0.3 is 9.88 Å². The molecule has 1 aliphatic heterocycles. The Bertz CT molecular complexity index is 1100. The van der Waals surface area contributed by atoms with Gasteiger partial charge in [0.05, 0.1) is 23.2 Å². The van der Waals surface area contributed by atoms with E-state index in [1.165, 1.54) is 0 Å². The van der Waals surface area contributed by atoms with Crippen LogP contribution in [0.3, 0.4) is 0 Å². The maximum Gasteiger partial charge on any atom is 0.142 e. The van der Waals surface area contributed by atoms with Crippen molar-refractivity contribution in [3.8, 4) is 6.07 Å². The number of rotatable bonds is 2. The average molecular weight is 341 g/mol. The van der Waals surface area contributed by atoms with Crippen LogP contribution < -0.4 is 4.90 Å². The van der Waals surface area contributed by atoms with Gasteiger partial charge in [0.1, 0.15) is 23.6 Å². The summed E-state index contributed by atoms with van der Waals surface area (Å²) < 4.78 is 1.87. The van der Waals surface area contributed by atoms with E-state index in [1.807, 2.05) is 41.0 Å². The number of pyridine rings is 2. The van der Waals surface area contributed by atoms with Gasteiger partial charge in [-0.15, -0.1) is 0 Å². The van der Waals surface area contributed by atoms with Gasteiger partial charge in [-0.3, -0.25) is 0 Å². The van der Waals surface area contributed by atoms with Gasteiger partial charge in [0, 0.05) is 24.9 Å². The predicted octanol–water partition coefficient (Wildman–Crippen LogP) is 2.48. The van der Waals surface area contributed by atoms with Crippen LogP contribution in [0.5, 0.6) is 0 Å². The Labute approximate surface area is 149 Å². The van der Waals surface area contributed by atoms with Gasteiger partial charge in [-0.05, 0) is 30.3 Å². The minimum Gasteiger partial charge on any atom is -0.348 e. The maximum absolute atomic E-state index is 9.20. The summed E-state index contributed by atoms with van der Waals surface area (Å²) in [6.07, 6.45) is 4.51. The molecule has 0 aromatic carbocycles. The fourth-order valence-corrected chi connectivity index (χ4v) is 3.56. The summed E-state index contributed by atoms with van der Waals surface area (Å²) in [7, 11) is 0. The molecule has 1 N–H and O–H groups in total. The van der Waals surface area contributed by atoms with E-state index in [2.05, 4.69) is 32.0 Å². The normalized spacial score (nSPS) is 16.4. The van der Waals surface area contributed by atoms with Crippen molar-refractivity contribution >= 4 is 11.3 Å². The zero-order valence-corrected chi connectivity index (χ0v) is 13.9. The van der Waals surface area contributed by atoms with Crippen molar-refractivity contribution < 1.29 is 0 Å². The number of nitrogens with zero attached hydrogens (tertiary/aromatic N) is 6. The molecule has 0 radical (unpaired) electrons. The van der Waals surface area contributed by atoms with E-state index >= 15 is 0 Å². The molecule has 0 amide bonds. The van der Waals surface area contributed by atoms with Crippen molar-refractivity contribution in [3.63, 3.8) is 0 Å². The van der Waals surface area contributed by atoms with Crippen LogP contribution in [-0.2, 0) is 6.42 Å². The topological polar surface area (TPSA) is 85.9 Å². The van der Waals surface area contributed by atoms with E-state index < -0.39 is 0 Å². The number of fused-ring (bicyclic) bond motifs is 2. The first-order chi connectivity index (χ1) is 12.8. The quantitative estimate of drug-likeness (QED) is 0.605. The molecule has 1 atom stereocenters. The lowest BCUT2D eigenvalue weighted by Gasteiger charge is -2.34. The summed E-state index contributed by atoms with van der Waals surface area (Å²) >= 11 is 0. The van der Waals surface area contributed by atoms with Crippen LogP contribution in [0.15, 0.2) is 55.0 Å². The van der Waals surface area contributed by atoms with Crippen molar-refractivity contribution in [3.05, 3.63) is 77.8 Å². The molecule has 5 heterocycles. The summed E-state index contributed by atoms with van der Waals surface area (Å²) in [4.78, 5) is 14.5. The first-order valence-corrected chi connectivity index (χ1v) is 8.44. The number of aromatic nitrogens is 5. The number of anilines is 1.